The van der Waals surface area contributed by atoms with Crippen molar-refractivity contribution in [1.29, 1.82) is 0 Å². The SMILES string of the molecule is CCC/N=C(\C)C(C)(C)c1c(C)ccc2c(S(=O)(=O)O)cccc12. The number of benzene rings is 2. The van der Waals surface area contributed by atoms with E-state index in [1.807, 2.05) is 26.0 Å². The predicted molar refractivity (Wildman–Crippen MR) is 99.8 cm³/mol. The molecule has 0 saturated heterocycles. The molecular formula is C19H25NO3S. The van der Waals surface area contributed by atoms with Gasteiger partial charge in [-0.3, -0.25) is 9.55 Å². The molecular weight excluding hydrogens is 322 g/mol. The second-order valence-corrected chi connectivity index (χ2v) is 8.07. The van der Waals surface area contributed by atoms with E-state index in [-0.39, 0.29) is 10.3 Å². The number of hydrogen-bond donors (Lipinski definition) is 1. The average Bonchev–Trinajstić information content (AvgIpc) is 2.50. The molecule has 5 heteroatoms. The Kier molecular flexibility index (Phi) is 5.16. The summed E-state index contributed by atoms with van der Waals surface area (Å²) >= 11 is 0. The van der Waals surface area contributed by atoms with E-state index in [0.29, 0.717) is 5.39 Å². The number of hydrogen-bond acceptors (Lipinski definition) is 3. The van der Waals surface area contributed by atoms with Gasteiger partial charge in [0.05, 0.1) is 0 Å². The molecule has 0 aliphatic rings. The predicted octanol–water partition coefficient (Wildman–Crippen LogP) is 4.54. The summed E-state index contributed by atoms with van der Waals surface area (Å²) in [6.45, 7) is 11.1. The lowest BCUT2D eigenvalue weighted by Gasteiger charge is -2.29. The van der Waals surface area contributed by atoms with Crippen LogP contribution in [0.1, 0.15) is 45.2 Å². The molecule has 0 saturated carbocycles. The van der Waals surface area contributed by atoms with Gasteiger partial charge < -0.3 is 0 Å². The lowest BCUT2D eigenvalue weighted by Crippen LogP contribution is -2.28. The van der Waals surface area contributed by atoms with Crippen LogP contribution in [0.2, 0.25) is 0 Å². The molecule has 0 amide bonds. The van der Waals surface area contributed by atoms with Crippen molar-refractivity contribution in [1.82, 2.24) is 0 Å². The van der Waals surface area contributed by atoms with Gasteiger partial charge >= 0.3 is 0 Å². The zero-order valence-corrected chi connectivity index (χ0v) is 15.7. The van der Waals surface area contributed by atoms with Gasteiger partial charge in [-0.25, -0.2) is 0 Å². The van der Waals surface area contributed by atoms with E-state index >= 15 is 0 Å². The van der Waals surface area contributed by atoms with Crippen LogP contribution in [0.3, 0.4) is 0 Å². The van der Waals surface area contributed by atoms with Crippen molar-refractivity contribution in [3.05, 3.63) is 41.5 Å². The molecule has 1 N–H and O–H groups in total. The van der Waals surface area contributed by atoms with E-state index < -0.39 is 10.1 Å². The molecule has 0 aliphatic heterocycles. The van der Waals surface area contributed by atoms with Gasteiger partial charge in [0.25, 0.3) is 10.1 Å². The largest absolute Gasteiger partial charge is 0.295 e. The van der Waals surface area contributed by atoms with Crippen LogP contribution < -0.4 is 0 Å². The fraction of sp³-hybridized carbons (Fsp3) is 0.421. The van der Waals surface area contributed by atoms with Gasteiger partial charge in [-0.1, -0.05) is 45.0 Å². The Hall–Kier alpha value is -1.72. The van der Waals surface area contributed by atoms with Crippen molar-refractivity contribution in [3.8, 4) is 0 Å². The van der Waals surface area contributed by atoms with E-state index in [0.717, 1.165) is 35.2 Å². The highest BCUT2D eigenvalue weighted by Gasteiger charge is 2.29. The van der Waals surface area contributed by atoms with E-state index in [1.165, 1.54) is 6.07 Å². The summed E-state index contributed by atoms with van der Waals surface area (Å²) in [6, 6.07) is 8.67. The zero-order valence-electron chi connectivity index (χ0n) is 14.9. The lowest BCUT2D eigenvalue weighted by atomic mass is 9.76. The summed E-state index contributed by atoms with van der Waals surface area (Å²) in [5, 5.41) is 1.37. The van der Waals surface area contributed by atoms with Crippen molar-refractivity contribution < 1.29 is 13.0 Å². The standard InChI is InChI=1S/C19H25NO3S/c1-6-12-20-14(3)19(4,5)18-13(2)10-11-15-16(18)8-7-9-17(15)24(21,22)23/h7-11H,6,12H2,1-5H3,(H,21,22,23)/b20-14+. The summed E-state index contributed by atoms with van der Waals surface area (Å²) < 4.78 is 32.9. The number of nitrogens with zero attached hydrogens (tertiary/aromatic N) is 1. The molecule has 2 rings (SSSR count). The molecule has 0 fully saturated rings. The second kappa shape index (κ2) is 6.65. The van der Waals surface area contributed by atoms with Crippen molar-refractivity contribution >= 4 is 26.6 Å². The van der Waals surface area contributed by atoms with Crippen LogP contribution in [-0.2, 0) is 15.5 Å². The van der Waals surface area contributed by atoms with Crippen LogP contribution >= 0.6 is 0 Å². The van der Waals surface area contributed by atoms with E-state index in [4.69, 9.17) is 0 Å². The third-order valence-electron chi connectivity index (χ3n) is 4.61. The van der Waals surface area contributed by atoms with Gasteiger partial charge in [0, 0.05) is 23.1 Å². The van der Waals surface area contributed by atoms with E-state index in [2.05, 4.69) is 25.8 Å². The third-order valence-corrected chi connectivity index (χ3v) is 5.52. The number of aliphatic imine (C=N–C) groups is 1. The minimum Gasteiger partial charge on any atom is -0.294 e. The first-order valence-electron chi connectivity index (χ1n) is 8.12. The van der Waals surface area contributed by atoms with Crippen molar-refractivity contribution in [2.75, 3.05) is 6.54 Å². The Morgan fingerprint density at radius 3 is 2.42 bits per heavy atom. The summed E-state index contributed by atoms with van der Waals surface area (Å²) in [6.07, 6.45) is 0.981. The Labute approximate surface area is 144 Å². The maximum atomic E-state index is 11.7. The third kappa shape index (κ3) is 3.37. The maximum Gasteiger partial charge on any atom is 0.295 e. The zero-order chi connectivity index (χ0) is 18.1. The van der Waals surface area contributed by atoms with Crippen LogP contribution in [0.25, 0.3) is 10.8 Å². The summed E-state index contributed by atoms with van der Waals surface area (Å²) in [7, 11) is -4.27. The van der Waals surface area contributed by atoms with Gasteiger partial charge in [-0.2, -0.15) is 8.42 Å². The van der Waals surface area contributed by atoms with Crippen molar-refractivity contribution in [2.24, 2.45) is 4.99 Å². The molecule has 130 valence electrons. The Morgan fingerprint density at radius 1 is 1.17 bits per heavy atom. The molecule has 0 unspecified atom stereocenters. The fourth-order valence-electron chi connectivity index (χ4n) is 3.15. The number of aryl methyl sites for hydroxylation is 1. The summed E-state index contributed by atoms with van der Waals surface area (Å²) in [5.41, 5.74) is 2.79. The van der Waals surface area contributed by atoms with Gasteiger partial charge in [0.1, 0.15) is 4.90 Å². The highest BCUT2D eigenvalue weighted by atomic mass is 32.2. The van der Waals surface area contributed by atoms with Crippen LogP contribution in [-0.4, -0.2) is 25.2 Å². The smallest absolute Gasteiger partial charge is 0.294 e. The Bertz CT molecular complexity index is 896. The minimum absolute atomic E-state index is 0.0554. The first-order valence-corrected chi connectivity index (χ1v) is 9.56. The summed E-state index contributed by atoms with van der Waals surface area (Å²) in [4.78, 5) is 4.60. The topological polar surface area (TPSA) is 66.7 Å². The summed E-state index contributed by atoms with van der Waals surface area (Å²) in [5.74, 6) is 0. The monoisotopic (exact) mass is 347 g/mol. The van der Waals surface area contributed by atoms with Gasteiger partial charge in [-0.05, 0) is 42.8 Å². The highest BCUT2D eigenvalue weighted by Crippen LogP contribution is 2.36. The van der Waals surface area contributed by atoms with Crippen LogP contribution in [0.5, 0.6) is 0 Å². The number of rotatable bonds is 5. The second-order valence-electron chi connectivity index (χ2n) is 6.68. The molecule has 0 aliphatic carbocycles. The molecule has 0 bridgehead atoms. The van der Waals surface area contributed by atoms with Crippen molar-refractivity contribution in [2.45, 2.75) is 51.3 Å². The highest BCUT2D eigenvalue weighted by molar-refractivity contribution is 7.86. The Morgan fingerprint density at radius 2 is 1.83 bits per heavy atom. The fourth-order valence-corrected chi connectivity index (χ4v) is 3.86. The van der Waals surface area contributed by atoms with Crippen LogP contribution in [0.4, 0.5) is 0 Å². The first-order chi connectivity index (χ1) is 11.1. The van der Waals surface area contributed by atoms with E-state index in [1.54, 1.807) is 12.1 Å². The maximum absolute atomic E-state index is 11.7. The van der Waals surface area contributed by atoms with Crippen molar-refractivity contribution in [3.63, 3.8) is 0 Å². The van der Waals surface area contributed by atoms with Crippen LogP contribution in [0, 0.1) is 6.92 Å². The molecule has 2 aromatic carbocycles. The molecule has 0 heterocycles. The minimum atomic E-state index is -4.27. The molecule has 0 radical (unpaired) electrons. The normalized spacial score (nSPS) is 13.5. The van der Waals surface area contributed by atoms with Gasteiger partial charge in [-0.15, -0.1) is 0 Å². The Balaban J connectivity index is 2.82. The molecule has 0 atom stereocenters. The number of fused-ring (bicyclic) bond motifs is 1. The first kappa shape index (κ1) is 18.6. The van der Waals surface area contributed by atoms with Crippen LogP contribution in [0.15, 0.2) is 40.2 Å². The molecule has 4 nitrogen and oxygen atoms in total. The lowest BCUT2D eigenvalue weighted by molar-refractivity contribution is 0.484. The molecule has 24 heavy (non-hydrogen) atoms. The average molecular weight is 347 g/mol. The van der Waals surface area contributed by atoms with Gasteiger partial charge in [0.15, 0.2) is 0 Å². The quantitative estimate of drug-likeness (QED) is 0.637. The molecule has 2 aromatic rings. The molecule has 0 spiro atoms. The van der Waals surface area contributed by atoms with E-state index in [9.17, 15) is 13.0 Å². The molecule has 0 aromatic heterocycles. The van der Waals surface area contributed by atoms with Gasteiger partial charge in [0.2, 0.25) is 0 Å².